The van der Waals surface area contributed by atoms with Crippen LogP contribution in [0.4, 0.5) is 4.79 Å². The first kappa shape index (κ1) is 16.3. The first-order chi connectivity index (χ1) is 9.26. The maximum atomic E-state index is 11.8. The molecule has 1 aliphatic rings. The van der Waals surface area contributed by atoms with Gasteiger partial charge in [-0.2, -0.15) is 0 Å². The predicted octanol–water partition coefficient (Wildman–Crippen LogP) is 2.36. The number of rotatable bonds is 3. The van der Waals surface area contributed by atoms with E-state index in [4.69, 9.17) is 4.74 Å². The van der Waals surface area contributed by atoms with Gasteiger partial charge in [-0.1, -0.05) is 18.7 Å². The Bertz CT molecular complexity index is 427. The number of amides is 1. The van der Waals surface area contributed by atoms with Crippen molar-refractivity contribution in [3.05, 3.63) is 24.3 Å². The summed E-state index contributed by atoms with van der Waals surface area (Å²) in [5.74, 6) is 0.761. The van der Waals surface area contributed by atoms with Crippen molar-refractivity contribution < 1.29 is 9.53 Å². The molecule has 0 aromatic rings. The number of amidine groups is 1. The Hall–Kier alpha value is -1.78. The van der Waals surface area contributed by atoms with Crippen LogP contribution >= 0.6 is 0 Å². The molecule has 1 N–H and O–H groups in total. The fourth-order valence-electron chi connectivity index (χ4n) is 1.82. The quantitative estimate of drug-likeness (QED) is 0.490. The van der Waals surface area contributed by atoms with Gasteiger partial charge in [0.15, 0.2) is 0 Å². The van der Waals surface area contributed by atoms with Gasteiger partial charge in [0.25, 0.3) is 0 Å². The minimum Gasteiger partial charge on any atom is -0.444 e. The zero-order valence-corrected chi connectivity index (χ0v) is 13.1. The third-order valence-electron chi connectivity index (χ3n) is 2.77. The highest BCUT2D eigenvalue weighted by atomic mass is 16.6. The molecule has 1 fully saturated rings. The normalized spacial score (nSPS) is 17.1. The number of carbonyl (C=O) groups is 1. The van der Waals surface area contributed by atoms with Crippen molar-refractivity contribution in [1.29, 1.82) is 0 Å². The molecule has 0 aromatic carbocycles. The Morgan fingerprint density at radius 2 is 2.05 bits per heavy atom. The lowest BCUT2D eigenvalue weighted by Gasteiger charge is -2.40. The van der Waals surface area contributed by atoms with Gasteiger partial charge in [-0.25, -0.2) is 4.79 Å². The van der Waals surface area contributed by atoms with Crippen LogP contribution in [0, 0.1) is 0 Å². The number of nitrogens with one attached hydrogen (secondary N) is 1. The number of nitrogens with zero attached hydrogens (tertiary/aromatic N) is 2. The largest absolute Gasteiger partial charge is 0.444 e. The van der Waals surface area contributed by atoms with Crippen molar-refractivity contribution >= 4 is 11.9 Å². The van der Waals surface area contributed by atoms with Gasteiger partial charge >= 0.3 is 6.09 Å². The van der Waals surface area contributed by atoms with Crippen LogP contribution in [0.1, 0.15) is 27.7 Å². The second kappa shape index (κ2) is 6.59. The minimum atomic E-state index is -0.453. The van der Waals surface area contributed by atoms with E-state index in [9.17, 15) is 4.79 Å². The van der Waals surface area contributed by atoms with Gasteiger partial charge in [-0.05, 0) is 27.7 Å². The van der Waals surface area contributed by atoms with E-state index >= 15 is 0 Å². The van der Waals surface area contributed by atoms with Gasteiger partial charge in [0, 0.05) is 25.7 Å². The van der Waals surface area contributed by atoms with Gasteiger partial charge in [-0.15, -0.1) is 0 Å². The first-order valence-corrected chi connectivity index (χ1v) is 6.80. The summed E-state index contributed by atoms with van der Waals surface area (Å²) in [5.41, 5.74) is 0.386. The molecule has 1 heterocycles. The van der Waals surface area contributed by atoms with Crippen LogP contribution < -0.4 is 5.32 Å². The smallest absolute Gasteiger partial charge is 0.410 e. The van der Waals surface area contributed by atoms with Crippen LogP contribution in [0.3, 0.4) is 0 Å². The van der Waals surface area contributed by atoms with Crippen LogP contribution in [0.5, 0.6) is 0 Å². The minimum absolute atomic E-state index is 0.197. The molecule has 0 aromatic heterocycles. The molecule has 1 amide bonds. The van der Waals surface area contributed by atoms with Crippen molar-refractivity contribution in [2.24, 2.45) is 4.99 Å². The molecular formula is C15H25N3O2. The predicted molar refractivity (Wildman–Crippen MR) is 82.0 cm³/mol. The molecule has 0 bridgehead atoms. The van der Waals surface area contributed by atoms with E-state index in [1.54, 1.807) is 11.9 Å². The molecule has 0 unspecified atom stereocenters. The van der Waals surface area contributed by atoms with E-state index in [0.717, 1.165) is 11.4 Å². The highest BCUT2D eigenvalue weighted by Crippen LogP contribution is 2.15. The topological polar surface area (TPSA) is 53.9 Å². The fourth-order valence-corrected chi connectivity index (χ4v) is 1.82. The molecule has 0 atom stereocenters. The summed E-state index contributed by atoms with van der Waals surface area (Å²) in [5, 5.41) is 3.29. The van der Waals surface area contributed by atoms with E-state index in [1.807, 2.05) is 39.8 Å². The van der Waals surface area contributed by atoms with Gasteiger partial charge < -0.3 is 15.0 Å². The molecule has 1 rings (SSSR count). The number of allylic oxidation sites excluding steroid dienone is 1. The van der Waals surface area contributed by atoms with E-state index in [1.165, 1.54) is 0 Å². The maximum absolute atomic E-state index is 11.8. The second-order valence-electron chi connectivity index (χ2n) is 5.82. The highest BCUT2D eigenvalue weighted by Gasteiger charge is 2.34. The molecule has 0 saturated carbocycles. The SMILES string of the molecule is C=C(/C=C\C)C(=NC)NC1CN(C(=O)OC(C)(C)C)C1. The molecule has 1 saturated heterocycles. The molecule has 0 spiro atoms. The number of ether oxygens (including phenoxy) is 1. The molecule has 0 aliphatic carbocycles. The Balaban J connectivity index is 2.42. The number of aliphatic imine (C=N–C) groups is 1. The molecule has 5 nitrogen and oxygen atoms in total. The molecule has 112 valence electrons. The standard InChI is InChI=1S/C15H25N3O2/c1-7-8-11(2)13(16-6)17-12-9-18(10-12)14(19)20-15(3,4)5/h7-8,12H,2,9-10H2,1,3-6H3,(H,16,17)/b8-7-. The summed E-state index contributed by atoms with van der Waals surface area (Å²) in [7, 11) is 1.72. The zero-order valence-electron chi connectivity index (χ0n) is 13.1. The summed E-state index contributed by atoms with van der Waals surface area (Å²) < 4.78 is 5.31. The van der Waals surface area contributed by atoms with Gasteiger partial charge in [0.2, 0.25) is 0 Å². The van der Waals surface area contributed by atoms with Crippen LogP contribution in [-0.2, 0) is 4.74 Å². The summed E-state index contributed by atoms with van der Waals surface area (Å²) in [4.78, 5) is 17.6. The first-order valence-electron chi connectivity index (χ1n) is 6.80. The van der Waals surface area contributed by atoms with E-state index in [0.29, 0.717) is 13.1 Å². The van der Waals surface area contributed by atoms with Crippen LogP contribution in [-0.4, -0.2) is 48.6 Å². The van der Waals surface area contributed by atoms with E-state index in [2.05, 4.69) is 16.9 Å². The monoisotopic (exact) mass is 279 g/mol. The number of likely N-dealkylation sites (tertiary alicyclic amines) is 1. The van der Waals surface area contributed by atoms with Gasteiger partial charge in [0.1, 0.15) is 11.4 Å². The van der Waals surface area contributed by atoms with Crippen molar-refractivity contribution in [2.45, 2.75) is 39.3 Å². The lowest BCUT2D eigenvalue weighted by Crippen LogP contribution is -2.61. The second-order valence-corrected chi connectivity index (χ2v) is 5.82. The average Bonchev–Trinajstić information content (AvgIpc) is 2.25. The molecule has 5 heteroatoms. The summed E-state index contributed by atoms with van der Waals surface area (Å²) in [6.07, 6.45) is 3.56. The zero-order chi connectivity index (χ0) is 15.3. The van der Waals surface area contributed by atoms with E-state index < -0.39 is 5.60 Å². The number of hydrogen-bond donors (Lipinski definition) is 1. The molecular weight excluding hydrogens is 254 g/mol. The summed E-state index contributed by atoms with van der Waals surface area (Å²) in [6, 6.07) is 0.197. The Kier molecular flexibility index (Phi) is 5.36. The van der Waals surface area contributed by atoms with Crippen molar-refractivity contribution in [3.8, 4) is 0 Å². The Morgan fingerprint density at radius 3 is 2.50 bits per heavy atom. The third kappa shape index (κ3) is 4.72. The molecule has 1 aliphatic heterocycles. The van der Waals surface area contributed by atoms with Gasteiger partial charge in [-0.3, -0.25) is 4.99 Å². The van der Waals surface area contributed by atoms with Crippen molar-refractivity contribution in [3.63, 3.8) is 0 Å². The van der Waals surface area contributed by atoms with Crippen LogP contribution in [0.2, 0.25) is 0 Å². The van der Waals surface area contributed by atoms with Gasteiger partial charge in [0.05, 0.1) is 6.04 Å². The van der Waals surface area contributed by atoms with Crippen LogP contribution in [0.25, 0.3) is 0 Å². The number of hydrogen-bond acceptors (Lipinski definition) is 3. The van der Waals surface area contributed by atoms with Crippen molar-refractivity contribution in [1.82, 2.24) is 10.2 Å². The third-order valence-corrected chi connectivity index (χ3v) is 2.77. The van der Waals surface area contributed by atoms with E-state index in [-0.39, 0.29) is 12.1 Å². The Labute approximate surface area is 121 Å². The fraction of sp³-hybridized carbons (Fsp3) is 0.600. The average molecular weight is 279 g/mol. The van der Waals surface area contributed by atoms with Crippen molar-refractivity contribution in [2.75, 3.05) is 20.1 Å². The summed E-state index contributed by atoms with van der Waals surface area (Å²) >= 11 is 0. The summed E-state index contributed by atoms with van der Waals surface area (Å²) in [6.45, 7) is 12.7. The lowest BCUT2D eigenvalue weighted by molar-refractivity contribution is 0.00711. The Morgan fingerprint density at radius 1 is 1.45 bits per heavy atom. The highest BCUT2D eigenvalue weighted by molar-refractivity contribution is 6.00. The van der Waals surface area contributed by atoms with Crippen LogP contribution in [0.15, 0.2) is 29.3 Å². The number of carbonyl (C=O) groups excluding carboxylic acids is 1. The molecule has 20 heavy (non-hydrogen) atoms. The maximum Gasteiger partial charge on any atom is 0.410 e. The lowest BCUT2D eigenvalue weighted by atomic mass is 10.1. The molecule has 0 radical (unpaired) electrons.